The Labute approximate surface area is 149 Å². The van der Waals surface area contributed by atoms with Crippen LogP contribution in [-0.2, 0) is 0 Å². The van der Waals surface area contributed by atoms with Crippen LogP contribution in [-0.4, -0.2) is 52.8 Å². The monoisotopic (exact) mass is 348 g/mol. The largest absolute Gasteiger partial charge is 0.459 e. The van der Waals surface area contributed by atoms with Crippen LogP contribution < -0.4 is 0 Å². The molecule has 0 radical (unpaired) electrons. The molecule has 0 spiro atoms. The summed E-state index contributed by atoms with van der Waals surface area (Å²) in [4.78, 5) is 31.6. The van der Waals surface area contributed by atoms with Gasteiger partial charge in [-0.15, -0.1) is 0 Å². The van der Waals surface area contributed by atoms with Crippen molar-refractivity contribution < 1.29 is 14.0 Å². The van der Waals surface area contributed by atoms with Crippen LogP contribution in [0.1, 0.15) is 26.6 Å². The minimum atomic E-state index is -0.220. The molecule has 3 aromatic rings. The summed E-state index contributed by atoms with van der Waals surface area (Å²) in [7, 11) is 0. The molecule has 130 valence electrons. The molecule has 3 heterocycles. The van der Waals surface area contributed by atoms with Gasteiger partial charge in [-0.05, 0) is 18.2 Å². The first kappa shape index (κ1) is 16.0. The molecule has 2 aromatic heterocycles. The third kappa shape index (κ3) is 2.62. The van der Waals surface area contributed by atoms with Gasteiger partial charge in [-0.3, -0.25) is 9.59 Å². The van der Waals surface area contributed by atoms with Crippen LogP contribution in [0.2, 0.25) is 0 Å². The van der Waals surface area contributed by atoms with E-state index >= 15 is 0 Å². The number of hydrogen-bond acceptors (Lipinski definition) is 4. The molecule has 1 aliphatic heterocycles. The Kier molecular flexibility index (Phi) is 3.93. The van der Waals surface area contributed by atoms with Gasteiger partial charge in [0.2, 0.25) is 0 Å². The molecule has 0 saturated carbocycles. The van der Waals surface area contributed by atoms with E-state index < -0.39 is 0 Å². The molecule has 0 atom stereocenters. The number of rotatable bonds is 2. The van der Waals surface area contributed by atoms with Crippen molar-refractivity contribution >= 4 is 22.7 Å². The van der Waals surface area contributed by atoms with Crippen molar-refractivity contribution in [3.05, 3.63) is 59.7 Å². The number of nitriles is 1. The van der Waals surface area contributed by atoms with Gasteiger partial charge < -0.3 is 19.2 Å². The molecule has 1 saturated heterocycles. The minimum absolute atomic E-state index is 0.176. The van der Waals surface area contributed by atoms with Crippen LogP contribution in [0.5, 0.6) is 0 Å². The van der Waals surface area contributed by atoms with Crippen molar-refractivity contribution in [2.24, 2.45) is 0 Å². The Hall–Kier alpha value is -3.53. The van der Waals surface area contributed by atoms with E-state index in [1.54, 1.807) is 21.9 Å². The van der Waals surface area contributed by atoms with Crippen LogP contribution in [0, 0.1) is 11.3 Å². The summed E-state index contributed by atoms with van der Waals surface area (Å²) in [5, 5.41) is 10.2. The van der Waals surface area contributed by atoms with Crippen LogP contribution in [0.4, 0.5) is 0 Å². The number of hydrogen-bond donors (Lipinski definition) is 1. The standard InChI is InChI=1S/C19H16N4O3/c20-12-14-13-4-1-2-5-15(13)21-17(14)19(25)23-9-7-22(8-10-23)18(24)16-6-3-11-26-16/h1-6,11,21H,7-10H2. The van der Waals surface area contributed by atoms with Crippen LogP contribution in [0.3, 0.4) is 0 Å². The van der Waals surface area contributed by atoms with Gasteiger partial charge in [0.25, 0.3) is 11.8 Å². The summed E-state index contributed by atoms with van der Waals surface area (Å²) >= 11 is 0. The molecule has 1 N–H and O–H groups in total. The van der Waals surface area contributed by atoms with Crippen LogP contribution in [0.25, 0.3) is 10.9 Å². The third-order valence-electron chi connectivity index (χ3n) is 4.62. The summed E-state index contributed by atoms with van der Waals surface area (Å²) in [5.74, 6) is -0.0968. The Morgan fingerprint density at radius 2 is 1.69 bits per heavy atom. The van der Waals surface area contributed by atoms with E-state index in [2.05, 4.69) is 11.1 Å². The lowest BCUT2D eigenvalue weighted by atomic mass is 10.1. The van der Waals surface area contributed by atoms with Crippen molar-refractivity contribution in [1.82, 2.24) is 14.8 Å². The van der Waals surface area contributed by atoms with Crippen molar-refractivity contribution in [3.8, 4) is 6.07 Å². The topological polar surface area (TPSA) is 93.3 Å². The number of aromatic nitrogens is 1. The molecule has 1 aromatic carbocycles. The molecular formula is C19H16N4O3. The second-order valence-corrected chi connectivity index (χ2v) is 6.09. The van der Waals surface area contributed by atoms with E-state index in [0.717, 1.165) is 10.9 Å². The van der Waals surface area contributed by atoms with E-state index in [1.807, 2.05) is 24.3 Å². The van der Waals surface area contributed by atoms with E-state index in [1.165, 1.54) is 6.26 Å². The fourth-order valence-corrected chi connectivity index (χ4v) is 3.25. The molecule has 0 unspecified atom stereocenters. The summed E-state index contributed by atoms with van der Waals surface area (Å²) < 4.78 is 5.14. The van der Waals surface area contributed by atoms with E-state index in [4.69, 9.17) is 4.42 Å². The van der Waals surface area contributed by atoms with Crippen molar-refractivity contribution in [1.29, 1.82) is 5.26 Å². The number of carbonyl (C=O) groups is 2. The zero-order valence-corrected chi connectivity index (χ0v) is 13.9. The highest BCUT2D eigenvalue weighted by Gasteiger charge is 2.29. The number of benzene rings is 1. The first-order valence-electron chi connectivity index (χ1n) is 8.32. The number of piperazine rings is 1. The van der Waals surface area contributed by atoms with Crippen molar-refractivity contribution in [2.75, 3.05) is 26.2 Å². The summed E-state index contributed by atoms with van der Waals surface area (Å²) in [6.07, 6.45) is 1.46. The zero-order valence-electron chi connectivity index (χ0n) is 13.9. The molecule has 2 amide bonds. The van der Waals surface area contributed by atoms with Gasteiger partial charge in [-0.1, -0.05) is 18.2 Å². The fraction of sp³-hybridized carbons (Fsp3) is 0.211. The lowest BCUT2D eigenvalue weighted by Crippen LogP contribution is -2.50. The van der Waals surface area contributed by atoms with Gasteiger partial charge in [0.05, 0.1) is 11.8 Å². The number of nitrogens with zero attached hydrogens (tertiary/aromatic N) is 3. The van der Waals surface area contributed by atoms with Gasteiger partial charge in [-0.25, -0.2) is 0 Å². The quantitative estimate of drug-likeness (QED) is 0.768. The minimum Gasteiger partial charge on any atom is -0.459 e. The zero-order chi connectivity index (χ0) is 18.1. The number of para-hydroxylation sites is 1. The van der Waals surface area contributed by atoms with Crippen molar-refractivity contribution in [2.45, 2.75) is 0 Å². The van der Waals surface area contributed by atoms with E-state index in [9.17, 15) is 14.9 Å². The lowest BCUT2D eigenvalue weighted by molar-refractivity contribution is 0.0515. The highest BCUT2D eigenvalue weighted by Crippen LogP contribution is 2.23. The molecular weight excluding hydrogens is 332 g/mol. The molecule has 4 rings (SSSR count). The molecule has 1 aliphatic rings. The number of aromatic amines is 1. The van der Waals surface area contributed by atoms with E-state index in [-0.39, 0.29) is 11.8 Å². The Bertz CT molecular complexity index is 1010. The highest BCUT2D eigenvalue weighted by atomic mass is 16.3. The van der Waals surface area contributed by atoms with Gasteiger partial charge >= 0.3 is 0 Å². The number of amides is 2. The first-order chi connectivity index (χ1) is 12.7. The Morgan fingerprint density at radius 3 is 2.35 bits per heavy atom. The molecule has 0 aliphatic carbocycles. The third-order valence-corrected chi connectivity index (χ3v) is 4.62. The van der Waals surface area contributed by atoms with Gasteiger partial charge in [0.1, 0.15) is 11.8 Å². The molecule has 1 fully saturated rings. The van der Waals surface area contributed by atoms with Gasteiger partial charge in [0.15, 0.2) is 5.76 Å². The predicted molar refractivity (Wildman–Crippen MR) is 93.5 cm³/mol. The highest BCUT2D eigenvalue weighted by molar-refractivity contribution is 6.02. The molecule has 7 heteroatoms. The first-order valence-corrected chi connectivity index (χ1v) is 8.32. The van der Waals surface area contributed by atoms with Gasteiger partial charge in [-0.2, -0.15) is 5.26 Å². The summed E-state index contributed by atoms with van der Waals surface area (Å²) in [6.45, 7) is 1.66. The average Bonchev–Trinajstić information content (AvgIpc) is 3.34. The molecule has 7 nitrogen and oxygen atoms in total. The van der Waals surface area contributed by atoms with E-state index in [0.29, 0.717) is 43.2 Å². The van der Waals surface area contributed by atoms with Crippen LogP contribution in [0.15, 0.2) is 47.1 Å². The number of furan rings is 1. The van der Waals surface area contributed by atoms with Gasteiger partial charge in [0, 0.05) is 37.1 Å². The normalized spacial score (nSPS) is 14.4. The maximum absolute atomic E-state index is 12.9. The SMILES string of the molecule is N#Cc1c(C(=O)N2CCN(C(=O)c3ccco3)CC2)[nH]c2ccccc12. The second kappa shape index (κ2) is 6.41. The molecule has 26 heavy (non-hydrogen) atoms. The number of carbonyl (C=O) groups excluding carboxylic acids is 2. The maximum Gasteiger partial charge on any atom is 0.289 e. The molecule has 0 bridgehead atoms. The number of nitrogens with one attached hydrogen (secondary N) is 1. The van der Waals surface area contributed by atoms with Crippen molar-refractivity contribution in [3.63, 3.8) is 0 Å². The maximum atomic E-state index is 12.9. The number of H-pyrrole nitrogens is 1. The predicted octanol–water partition coefficient (Wildman–Crippen LogP) is 2.23. The fourth-order valence-electron chi connectivity index (χ4n) is 3.25. The van der Waals surface area contributed by atoms with Crippen LogP contribution >= 0.6 is 0 Å². The average molecular weight is 348 g/mol. The second-order valence-electron chi connectivity index (χ2n) is 6.09. The summed E-state index contributed by atoms with van der Waals surface area (Å²) in [6, 6.07) is 12.8. The smallest absolute Gasteiger partial charge is 0.289 e. The number of fused-ring (bicyclic) bond motifs is 1. The Morgan fingerprint density at radius 1 is 1.00 bits per heavy atom. The Balaban J connectivity index is 1.51. The summed E-state index contributed by atoms with van der Waals surface area (Å²) in [5.41, 5.74) is 1.43. The lowest BCUT2D eigenvalue weighted by Gasteiger charge is -2.34.